The molecule has 19 heavy (non-hydrogen) atoms. The number of para-hydroxylation sites is 1. The second-order valence-corrected chi connectivity index (χ2v) is 4.78. The van der Waals surface area contributed by atoms with Crippen molar-refractivity contribution in [2.24, 2.45) is 5.10 Å². The van der Waals surface area contributed by atoms with Crippen molar-refractivity contribution in [3.8, 4) is 0 Å². The number of rotatable bonds is 3. The van der Waals surface area contributed by atoms with Crippen LogP contribution in [0.25, 0.3) is 0 Å². The summed E-state index contributed by atoms with van der Waals surface area (Å²) in [6.45, 7) is 0.698. The van der Waals surface area contributed by atoms with Crippen molar-refractivity contribution in [2.75, 3.05) is 11.6 Å². The number of nitrogens with one attached hydrogen (secondary N) is 1. The largest absolute Gasteiger partial charge is 0.309 e. The molecule has 1 aliphatic heterocycles. The molecule has 0 radical (unpaired) electrons. The molecule has 0 saturated heterocycles. The number of amidine groups is 1. The molecule has 96 valence electrons. The lowest BCUT2D eigenvalue weighted by molar-refractivity contribution is 0.807. The first kappa shape index (κ1) is 12.1. The minimum Gasteiger partial charge on any atom is -0.309 e. The first-order chi connectivity index (χ1) is 9.34. The van der Waals surface area contributed by atoms with Crippen LogP contribution in [0, 0.1) is 0 Å². The zero-order valence-electron chi connectivity index (χ0n) is 10.4. The summed E-state index contributed by atoms with van der Waals surface area (Å²) in [5.41, 5.74) is 5.26. The summed E-state index contributed by atoms with van der Waals surface area (Å²) in [7, 11) is 0. The van der Waals surface area contributed by atoms with Gasteiger partial charge in [-0.15, -0.1) is 0 Å². The van der Waals surface area contributed by atoms with Gasteiger partial charge in [0.05, 0.1) is 0 Å². The Kier molecular flexibility index (Phi) is 3.38. The Bertz CT molecular complexity index is 595. The molecule has 0 unspecified atom stereocenters. The highest BCUT2D eigenvalue weighted by atomic mass is 35.5. The van der Waals surface area contributed by atoms with E-state index in [1.807, 2.05) is 42.5 Å². The normalized spacial score (nSPS) is 14.2. The highest BCUT2D eigenvalue weighted by molar-refractivity contribution is 6.31. The third-order valence-corrected chi connectivity index (χ3v) is 3.49. The van der Waals surface area contributed by atoms with E-state index in [4.69, 9.17) is 11.6 Å². The van der Waals surface area contributed by atoms with Crippen LogP contribution >= 0.6 is 11.6 Å². The molecule has 2 aromatic rings. The van der Waals surface area contributed by atoms with Crippen molar-refractivity contribution in [1.29, 1.82) is 0 Å². The van der Waals surface area contributed by atoms with Gasteiger partial charge in [-0.3, -0.25) is 5.43 Å². The van der Waals surface area contributed by atoms with Crippen molar-refractivity contribution in [1.82, 2.24) is 5.43 Å². The van der Waals surface area contributed by atoms with Crippen LogP contribution in [0.3, 0.4) is 0 Å². The van der Waals surface area contributed by atoms with E-state index in [2.05, 4.69) is 27.6 Å². The topological polar surface area (TPSA) is 27.6 Å². The predicted octanol–water partition coefficient (Wildman–Crippen LogP) is 3.26. The van der Waals surface area contributed by atoms with Gasteiger partial charge in [0.25, 0.3) is 0 Å². The average Bonchev–Trinajstić information content (AvgIpc) is 2.91. The van der Waals surface area contributed by atoms with E-state index >= 15 is 0 Å². The fourth-order valence-electron chi connectivity index (χ4n) is 2.14. The fourth-order valence-corrected chi connectivity index (χ4v) is 2.35. The van der Waals surface area contributed by atoms with Crippen LogP contribution in [0.2, 0.25) is 5.02 Å². The molecule has 3 nitrogen and oxygen atoms in total. The van der Waals surface area contributed by atoms with Gasteiger partial charge in [-0.25, -0.2) is 0 Å². The van der Waals surface area contributed by atoms with E-state index in [9.17, 15) is 0 Å². The third-order valence-electron chi connectivity index (χ3n) is 3.12. The van der Waals surface area contributed by atoms with Gasteiger partial charge in [0.1, 0.15) is 12.5 Å². The number of halogens is 1. The number of benzene rings is 2. The van der Waals surface area contributed by atoms with Gasteiger partial charge in [-0.1, -0.05) is 48.0 Å². The molecule has 3 rings (SSSR count). The van der Waals surface area contributed by atoms with Crippen LogP contribution in [0.5, 0.6) is 0 Å². The number of anilines is 1. The molecule has 1 N–H and O–H groups in total. The monoisotopic (exact) mass is 271 g/mol. The maximum Gasteiger partial charge on any atom is 0.135 e. The minimum atomic E-state index is 0.698. The van der Waals surface area contributed by atoms with Gasteiger partial charge >= 0.3 is 0 Å². The Morgan fingerprint density at radius 1 is 1.05 bits per heavy atom. The lowest BCUT2D eigenvalue weighted by atomic mass is 10.1. The molecule has 0 amide bonds. The molecular formula is C15H14ClN3. The van der Waals surface area contributed by atoms with Crippen LogP contribution in [0.1, 0.15) is 5.56 Å². The van der Waals surface area contributed by atoms with Gasteiger partial charge in [0.15, 0.2) is 0 Å². The van der Waals surface area contributed by atoms with E-state index in [0.29, 0.717) is 6.67 Å². The predicted molar refractivity (Wildman–Crippen MR) is 79.5 cm³/mol. The quantitative estimate of drug-likeness (QED) is 0.928. The second-order valence-electron chi connectivity index (χ2n) is 4.38. The van der Waals surface area contributed by atoms with Gasteiger partial charge in [0, 0.05) is 17.1 Å². The first-order valence-corrected chi connectivity index (χ1v) is 6.58. The second kappa shape index (κ2) is 5.33. The van der Waals surface area contributed by atoms with Gasteiger partial charge in [-0.2, -0.15) is 5.10 Å². The number of hydrogen-bond donors (Lipinski definition) is 1. The standard InChI is InChI=1S/C15H14ClN3/c16-14-9-5-4-6-12(14)10-15-18-17-11-19(15)13-7-2-1-3-8-13/h1-9,17H,10-11H2. The fraction of sp³-hybridized carbons (Fsp3) is 0.133. The van der Waals surface area contributed by atoms with Crippen molar-refractivity contribution in [2.45, 2.75) is 6.42 Å². The van der Waals surface area contributed by atoms with E-state index < -0.39 is 0 Å². The molecule has 4 heteroatoms. The molecular weight excluding hydrogens is 258 g/mol. The van der Waals surface area contributed by atoms with E-state index in [1.54, 1.807) is 0 Å². The Morgan fingerprint density at radius 2 is 1.79 bits per heavy atom. The molecule has 0 spiro atoms. The van der Waals surface area contributed by atoms with Gasteiger partial charge < -0.3 is 4.90 Å². The average molecular weight is 272 g/mol. The van der Waals surface area contributed by atoms with Crippen LogP contribution < -0.4 is 10.3 Å². The molecule has 0 aliphatic carbocycles. The maximum absolute atomic E-state index is 6.20. The van der Waals surface area contributed by atoms with E-state index in [0.717, 1.165) is 28.5 Å². The molecule has 0 atom stereocenters. The molecule has 0 saturated carbocycles. The van der Waals surface area contributed by atoms with Crippen LogP contribution in [0.15, 0.2) is 59.7 Å². The molecule has 0 aromatic heterocycles. The first-order valence-electron chi connectivity index (χ1n) is 6.20. The summed E-state index contributed by atoms with van der Waals surface area (Å²) < 4.78 is 0. The summed E-state index contributed by atoms with van der Waals surface area (Å²) in [4.78, 5) is 2.16. The Hall–Kier alpha value is -2.00. The number of nitrogens with zero attached hydrogens (tertiary/aromatic N) is 2. The number of hydrogen-bond acceptors (Lipinski definition) is 3. The molecule has 0 fully saturated rings. The SMILES string of the molecule is Clc1ccccc1CC1=NNCN1c1ccccc1. The van der Waals surface area contributed by atoms with Crippen LogP contribution in [0.4, 0.5) is 5.69 Å². The highest BCUT2D eigenvalue weighted by Gasteiger charge is 2.19. The van der Waals surface area contributed by atoms with Gasteiger partial charge in [0.2, 0.25) is 0 Å². The lowest BCUT2D eigenvalue weighted by Crippen LogP contribution is -2.30. The van der Waals surface area contributed by atoms with E-state index in [1.165, 1.54) is 0 Å². The third kappa shape index (κ3) is 2.56. The van der Waals surface area contributed by atoms with Crippen molar-refractivity contribution in [3.05, 3.63) is 65.2 Å². The summed E-state index contributed by atoms with van der Waals surface area (Å²) in [6, 6.07) is 18.1. The summed E-state index contributed by atoms with van der Waals surface area (Å²) in [5.74, 6) is 0.985. The van der Waals surface area contributed by atoms with Crippen molar-refractivity contribution in [3.63, 3.8) is 0 Å². The lowest BCUT2D eigenvalue weighted by Gasteiger charge is -2.19. The van der Waals surface area contributed by atoms with Crippen LogP contribution in [-0.2, 0) is 6.42 Å². The molecule has 0 bridgehead atoms. The maximum atomic E-state index is 6.20. The zero-order chi connectivity index (χ0) is 13.1. The Morgan fingerprint density at radius 3 is 2.58 bits per heavy atom. The van der Waals surface area contributed by atoms with Crippen LogP contribution in [-0.4, -0.2) is 12.5 Å². The number of hydrazone groups is 1. The van der Waals surface area contributed by atoms with Crippen molar-refractivity contribution < 1.29 is 0 Å². The Balaban J connectivity index is 1.83. The summed E-state index contributed by atoms with van der Waals surface area (Å²) >= 11 is 6.20. The minimum absolute atomic E-state index is 0.698. The highest BCUT2D eigenvalue weighted by Crippen LogP contribution is 2.21. The smallest absolute Gasteiger partial charge is 0.135 e. The Labute approximate surface area is 117 Å². The molecule has 1 aliphatic rings. The van der Waals surface area contributed by atoms with Gasteiger partial charge in [-0.05, 0) is 23.8 Å². The van der Waals surface area contributed by atoms with Crippen molar-refractivity contribution >= 4 is 23.1 Å². The van der Waals surface area contributed by atoms with E-state index in [-0.39, 0.29) is 0 Å². The zero-order valence-corrected chi connectivity index (χ0v) is 11.1. The summed E-state index contributed by atoms with van der Waals surface area (Å²) in [6.07, 6.45) is 0.724. The summed E-state index contributed by atoms with van der Waals surface area (Å²) in [5, 5.41) is 5.15. The molecule has 2 aromatic carbocycles. The molecule has 1 heterocycles.